The lowest BCUT2D eigenvalue weighted by Crippen LogP contribution is -2.40. The predicted molar refractivity (Wildman–Crippen MR) is 119 cm³/mol. The van der Waals surface area contributed by atoms with Crippen LogP contribution in [0.5, 0.6) is 5.75 Å². The minimum absolute atomic E-state index is 0.0748. The van der Waals surface area contributed by atoms with Crippen molar-refractivity contribution in [1.29, 1.82) is 0 Å². The Labute approximate surface area is 181 Å². The van der Waals surface area contributed by atoms with Gasteiger partial charge in [0.15, 0.2) is 0 Å². The molecule has 1 aliphatic rings. The molecule has 0 spiro atoms. The summed E-state index contributed by atoms with van der Waals surface area (Å²) in [7, 11) is 1.88. The van der Waals surface area contributed by atoms with Crippen molar-refractivity contribution in [3.8, 4) is 5.75 Å². The molecule has 1 atom stereocenters. The van der Waals surface area contributed by atoms with Gasteiger partial charge in [-0.25, -0.2) is 0 Å². The van der Waals surface area contributed by atoms with E-state index in [1.807, 2.05) is 44.0 Å². The Hall–Kier alpha value is -2.64. The summed E-state index contributed by atoms with van der Waals surface area (Å²) in [4.78, 5) is 17.0. The number of ether oxygens (including phenoxy) is 1. The number of H-pyrrole nitrogens is 1. The summed E-state index contributed by atoms with van der Waals surface area (Å²) < 4.78 is 6.33. The van der Waals surface area contributed by atoms with Crippen molar-refractivity contribution in [3.63, 3.8) is 0 Å². The molecule has 7 heteroatoms. The summed E-state index contributed by atoms with van der Waals surface area (Å²) in [6.45, 7) is 6.46. The number of nitrogens with one attached hydrogen (secondary N) is 1. The molecule has 6 nitrogen and oxygen atoms in total. The zero-order chi connectivity index (χ0) is 21.1. The molecule has 1 unspecified atom stereocenters. The Morgan fingerprint density at radius 2 is 2.17 bits per heavy atom. The van der Waals surface area contributed by atoms with Gasteiger partial charge in [-0.05, 0) is 48.7 Å². The maximum Gasteiger partial charge on any atom is 0.236 e. The lowest BCUT2D eigenvalue weighted by Gasteiger charge is -2.26. The van der Waals surface area contributed by atoms with Crippen LogP contribution in [-0.4, -0.2) is 52.6 Å². The van der Waals surface area contributed by atoms with Gasteiger partial charge in [0.25, 0.3) is 0 Å². The van der Waals surface area contributed by atoms with Gasteiger partial charge in [-0.1, -0.05) is 18.2 Å². The first-order chi connectivity index (χ1) is 14.5. The van der Waals surface area contributed by atoms with Crippen LogP contribution < -0.4 is 4.74 Å². The number of para-hydroxylation sites is 1. The van der Waals surface area contributed by atoms with E-state index < -0.39 is 0 Å². The Bertz CT molecular complexity index is 979. The molecule has 1 aliphatic heterocycles. The van der Waals surface area contributed by atoms with Crippen LogP contribution in [0.25, 0.3) is 0 Å². The summed E-state index contributed by atoms with van der Waals surface area (Å²) in [5.41, 5.74) is 5.56. The quantitative estimate of drug-likeness (QED) is 0.655. The SMILES string of the molecule is Cc1n[nH]c(C)c1CCN(C)C(=O)CN1Cc2ccccc2OC(c2ccsc2)C1. The zero-order valence-electron chi connectivity index (χ0n) is 17.7. The van der Waals surface area contributed by atoms with E-state index in [9.17, 15) is 4.79 Å². The molecule has 0 fully saturated rings. The Morgan fingerprint density at radius 1 is 1.33 bits per heavy atom. The highest BCUT2D eigenvalue weighted by molar-refractivity contribution is 7.07. The van der Waals surface area contributed by atoms with Gasteiger partial charge in [-0.15, -0.1) is 0 Å². The van der Waals surface area contributed by atoms with E-state index in [0.29, 0.717) is 26.2 Å². The standard InChI is InChI=1S/C23H28N4O2S/c1-16-20(17(2)25-24-16)8-10-26(3)23(28)14-27-12-18-6-4-5-7-21(18)29-22(13-27)19-9-11-30-15-19/h4-7,9,11,15,22H,8,10,12-14H2,1-3H3,(H,24,25). The molecule has 1 amide bonds. The molecule has 0 saturated heterocycles. The monoisotopic (exact) mass is 424 g/mol. The van der Waals surface area contributed by atoms with Crippen LogP contribution in [0.15, 0.2) is 41.1 Å². The zero-order valence-corrected chi connectivity index (χ0v) is 18.5. The molecule has 2 aromatic heterocycles. The number of fused-ring (bicyclic) bond motifs is 1. The molecule has 4 rings (SSSR count). The van der Waals surface area contributed by atoms with E-state index >= 15 is 0 Å². The van der Waals surface area contributed by atoms with E-state index in [2.05, 4.69) is 38.0 Å². The van der Waals surface area contributed by atoms with Crippen molar-refractivity contribution in [3.05, 3.63) is 69.2 Å². The van der Waals surface area contributed by atoms with Gasteiger partial charge in [-0.3, -0.25) is 14.8 Å². The number of hydrogen-bond acceptors (Lipinski definition) is 5. The summed E-state index contributed by atoms with van der Waals surface area (Å²) in [5.74, 6) is 1.03. The van der Waals surface area contributed by atoms with Gasteiger partial charge in [-0.2, -0.15) is 16.4 Å². The van der Waals surface area contributed by atoms with E-state index in [1.54, 1.807) is 11.3 Å². The molecule has 0 radical (unpaired) electrons. The smallest absolute Gasteiger partial charge is 0.236 e. The molecule has 0 aliphatic carbocycles. The van der Waals surface area contributed by atoms with E-state index in [4.69, 9.17) is 4.74 Å². The van der Waals surface area contributed by atoms with Crippen LogP contribution in [0.2, 0.25) is 0 Å². The predicted octanol–water partition coefficient (Wildman–Crippen LogP) is 3.72. The van der Waals surface area contributed by atoms with Crippen molar-refractivity contribution in [1.82, 2.24) is 20.0 Å². The number of rotatable bonds is 6. The summed E-state index contributed by atoms with van der Waals surface area (Å²) >= 11 is 1.67. The highest BCUT2D eigenvalue weighted by Gasteiger charge is 2.26. The summed E-state index contributed by atoms with van der Waals surface area (Å²) in [6, 6.07) is 10.2. The number of nitrogens with zero attached hydrogens (tertiary/aromatic N) is 3. The number of hydrogen-bond donors (Lipinski definition) is 1. The molecule has 3 aromatic rings. The largest absolute Gasteiger partial charge is 0.484 e. The fourth-order valence-electron chi connectivity index (χ4n) is 3.89. The van der Waals surface area contributed by atoms with Crippen molar-refractivity contribution >= 4 is 17.2 Å². The number of carbonyl (C=O) groups excluding carboxylic acids is 1. The minimum atomic E-state index is -0.0748. The fraction of sp³-hybridized carbons (Fsp3) is 0.391. The fourth-order valence-corrected chi connectivity index (χ4v) is 4.59. The van der Waals surface area contributed by atoms with Crippen molar-refractivity contribution < 1.29 is 9.53 Å². The normalized spacial score (nSPS) is 16.6. The Kier molecular flexibility index (Phi) is 6.20. The average Bonchev–Trinajstić information content (AvgIpc) is 3.33. The highest BCUT2D eigenvalue weighted by Crippen LogP contribution is 2.31. The number of aryl methyl sites for hydroxylation is 2. The number of benzene rings is 1. The van der Waals surface area contributed by atoms with Crippen LogP contribution in [0, 0.1) is 13.8 Å². The molecule has 0 bridgehead atoms. The topological polar surface area (TPSA) is 61.5 Å². The Morgan fingerprint density at radius 3 is 2.90 bits per heavy atom. The van der Waals surface area contributed by atoms with Crippen molar-refractivity contribution in [2.75, 3.05) is 26.7 Å². The second-order valence-electron chi connectivity index (χ2n) is 7.92. The van der Waals surface area contributed by atoms with Crippen molar-refractivity contribution in [2.24, 2.45) is 0 Å². The summed E-state index contributed by atoms with van der Waals surface area (Å²) in [6.07, 6.45) is 0.731. The van der Waals surface area contributed by atoms with Crippen LogP contribution >= 0.6 is 11.3 Å². The number of amides is 1. The maximum absolute atomic E-state index is 13.0. The first kappa shape index (κ1) is 20.6. The number of carbonyl (C=O) groups is 1. The summed E-state index contributed by atoms with van der Waals surface area (Å²) in [5, 5.41) is 11.5. The van der Waals surface area contributed by atoms with Gasteiger partial charge < -0.3 is 9.64 Å². The third-order valence-electron chi connectivity index (χ3n) is 5.74. The van der Waals surface area contributed by atoms with Gasteiger partial charge in [0.2, 0.25) is 5.91 Å². The molecule has 3 heterocycles. The van der Waals surface area contributed by atoms with E-state index in [1.165, 1.54) is 5.56 Å². The van der Waals surface area contributed by atoms with Crippen LogP contribution in [0.4, 0.5) is 0 Å². The molecule has 0 saturated carbocycles. The molecule has 158 valence electrons. The molecule has 1 N–H and O–H groups in total. The van der Waals surface area contributed by atoms with Gasteiger partial charge >= 0.3 is 0 Å². The van der Waals surface area contributed by atoms with E-state index in [0.717, 1.165) is 34.7 Å². The number of aromatic nitrogens is 2. The molecular formula is C23H28N4O2S. The molecule has 1 aromatic carbocycles. The third-order valence-corrected chi connectivity index (χ3v) is 6.44. The van der Waals surface area contributed by atoms with Crippen LogP contribution in [0.3, 0.4) is 0 Å². The lowest BCUT2D eigenvalue weighted by atomic mass is 10.1. The Balaban J connectivity index is 1.43. The molecular weight excluding hydrogens is 396 g/mol. The second kappa shape index (κ2) is 9.02. The second-order valence-corrected chi connectivity index (χ2v) is 8.70. The average molecular weight is 425 g/mol. The van der Waals surface area contributed by atoms with Crippen LogP contribution in [0.1, 0.15) is 34.2 Å². The number of thiophene rings is 1. The van der Waals surface area contributed by atoms with Gasteiger partial charge in [0.1, 0.15) is 11.9 Å². The first-order valence-electron chi connectivity index (χ1n) is 10.2. The third kappa shape index (κ3) is 4.57. The lowest BCUT2D eigenvalue weighted by molar-refractivity contribution is -0.131. The first-order valence-corrected chi connectivity index (χ1v) is 11.2. The number of aromatic amines is 1. The molecule has 30 heavy (non-hydrogen) atoms. The van der Waals surface area contributed by atoms with Gasteiger partial charge in [0, 0.05) is 43.5 Å². The highest BCUT2D eigenvalue weighted by atomic mass is 32.1. The minimum Gasteiger partial charge on any atom is -0.484 e. The van der Waals surface area contributed by atoms with Crippen LogP contribution in [-0.2, 0) is 17.8 Å². The van der Waals surface area contributed by atoms with E-state index in [-0.39, 0.29) is 12.0 Å². The maximum atomic E-state index is 13.0. The van der Waals surface area contributed by atoms with Crippen molar-refractivity contribution in [2.45, 2.75) is 32.9 Å². The number of likely N-dealkylation sites (N-methyl/N-ethyl adjacent to an activating group) is 1. The van der Waals surface area contributed by atoms with Gasteiger partial charge in [0.05, 0.1) is 12.2 Å².